The van der Waals surface area contributed by atoms with Crippen LogP contribution in [0.1, 0.15) is 48.3 Å². The Morgan fingerprint density at radius 3 is 0.947 bits per heavy atom. The van der Waals surface area contributed by atoms with Gasteiger partial charge in [-0.2, -0.15) is 39.5 Å². The maximum atomic E-state index is 11.8. The van der Waals surface area contributed by atoms with Crippen LogP contribution in [0.2, 0.25) is 0 Å². The molecule has 0 amide bonds. The Kier molecular flexibility index (Phi) is 19.3. The molecule has 0 aliphatic carbocycles. The molecule has 1 aromatic carbocycles. The van der Waals surface area contributed by atoms with Gasteiger partial charge in [0.05, 0.1) is 44.9 Å². The molecule has 0 unspecified atom stereocenters. The van der Waals surface area contributed by atoms with E-state index in [-0.39, 0.29) is 64.0 Å². The first-order valence-electron chi connectivity index (χ1n) is 15.3. The number of fused-ring (bicyclic) bond motifs is 3. The van der Waals surface area contributed by atoms with Gasteiger partial charge in [-0.3, -0.25) is 38.7 Å². The van der Waals surface area contributed by atoms with Gasteiger partial charge in [0, 0.05) is 72.5 Å². The van der Waals surface area contributed by atoms with Crippen LogP contribution in [-0.2, 0) is 14.4 Å². The van der Waals surface area contributed by atoms with E-state index in [0.717, 1.165) is 55.8 Å². The van der Waals surface area contributed by atoms with Gasteiger partial charge in [-0.1, -0.05) is 42.5 Å². The van der Waals surface area contributed by atoms with Gasteiger partial charge in [-0.25, -0.2) is 0 Å². The molecule has 0 N–H and O–H groups in total. The summed E-state index contributed by atoms with van der Waals surface area (Å²) in [6.45, 7) is 0. The molecule has 0 atom stereocenters. The fourth-order valence-electron chi connectivity index (χ4n) is 3.99. The zero-order chi connectivity index (χ0) is 41.7. The number of hydrogen-bond acceptors (Lipinski definition) is 11. The Bertz CT molecular complexity index is 2050. The van der Waals surface area contributed by atoms with Crippen molar-refractivity contribution in [1.29, 1.82) is 0 Å². The van der Waals surface area contributed by atoms with E-state index in [0.29, 0.717) is 0 Å². The van der Waals surface area contributed by atoms with E-state index in [1.807, 2.05) is 12.1 Å². The third-order valence-corrected chi connectivity index (χ3v) is 9.38. The molecule has 301 valence electrons. The van der Waals surface area contributed by atoms with Crippen LogP contribution in [0.4, 0.5) is 39.5 Å². The minimum absolute atomic E-state index is 0. The number of nitrogens with zero attached hydrogens (tertiary/aromatic N) is 2. The van der Waals surface area contributed by atoms with Crippen molar-refractivity contribution in [2.75, 3.05) is 0 Å². The summed E-state index contributed by atoms with van der Waals surface area (Å²) in [5, 5.41) is 6.96. The van der Waals surface area contributed by atoms with Crippen LogP contribution in [0.5, 0.6) is 0 Å². The summed E-state index contributed by atoms with van der Waals surface area (Å²) in [7, 11) is 0. The summed E-state index contributed by atoms with van der Waals surface area (Å²) in [5.74, 6) is -8.38. The van der Waals surface area contributed by atoms with Crippen molar-refractivity contribution in [3.05, 3.63) is 116 Å². The summed E-state index contributed by atoms with van der Waals surface area (Å²) in [6, 6.07) is 20.9. The van der Waals surface area contributed by atoms with E-state index in [9.17, 15) is 68.3 Å². The van der Waals surface area contributed by atoms with Gasteiger partial charge in [-0.05, 0) is 46.5 Å². The van der Waals surface area contributed by atoms with Gasteiger partial charge in [0.15, 0.2) is 17.3 Å². The van der Waals surface area contributed by atoms with Gasteiger partial charge in [0.2, 0.25) is 17.3 Å². The molecule has 0 bridgehead atoms. The van der Waals surface area contributed by atoms with Crippen molar-refractivity contribution in [2.24, 2.45) is 0 Å². The van der Waals surface area contributed by atoms with Crippen LogP contribution in [0.25, 0.3) is 21.8 Å². The van der Waals surface area contributed by atoms with Gasteiger partial charge in [0.1, 0.15) is 0 Å². The van der Waals surface area contributed by atoms with Crippen molar-refractivity contribution < 1.29 is 118 Å². The number of Topliss-reactive ketones (excluding diaryl/α,β-unsaturated/α-hetero) is 6. The van der Waals surface area contributed by atoms with Crippen LogP contribution >= 0.6 is 34.0 Å². The number of alkyl halides is 9. The molecule has 57 heavy (non-hydrogen) atoms. The zero-order valence-corrected chi connectivity index (χ0v) is 33.2. The van der Waals surface area contributed by atoms with E-state index in [4.69, 9.17) is 0 Å². The van der Waals surface area contributed by atoms with Gasteiger partial charge in [-0.15, -0.1) is 34.0 Å². The molecule has 5 aromatic heterocycles. The van der Waals surface area contributed by atoms with Crippen molar-refractivity contribution in [3.63, 3.8) is 0 Å². The summed E-state index contributed by atoms with van der Waals surface area (Å²) in [6.07, 6.45) is -14.5. The normalized spacial score (nSPS) is 11.0. The largest absolute Gasteiger partial charge is 0.450 e. The first-order valence-corrected chi connectivity index (χ1v) is 17.9. The maximum absolute atomic E-state index is 11.8. The van der Waals surface area contributed by atoms with Gasteiger partial charge < -0.3 is 0 Å². The van der Waals surface area contributed by atoms with Crippen LogP contribution in [0.3, 0.4) is 0 Å². The molecule has 0 spiro atoms. The second-order valence-electron chi connectivity index (χ2n) is 10.7. The van der Waals surface area contributed by atoms with Crippen molar-refractivity contribution >= 4 is 90.5 Å². The van der Waals surface area contributed by atoms with Crippen LogP contribution in [0.15, 0.2) is 101 Å². The third kappa shape index (κ3) is 16.1. The van der Waals surface area contributed by atoms with Crippen LogP contribution in [0, 0.1) is 49.4 Å². The third-order valence-electron chi connectivity index (χ3n) is 6.64. The topological polar surface area (TPSA) is 128 Å². The second-order valence-corrected chi connectivity index (χ2v) is 13.6. The fourth-order valence-corrected chi connectivity index (χ4v) is 5.98. The van der Waals surface area contributed by atoms with E-state index in [2.05, 4.69) is 34.2 Å². The minimum Gasteiger partial charge on any atom is -0.293 e. The number of halogens is 9. The van der Waals surface area contributed by atoms with E-state index in [1.165, 1.54) is 36.4 Å². The fraction of sp³-hybridized carbons (Fsp3) is 0.167. The van der Waals surface area contributed by atoms with Crippen molar-refractivity contribution in [3.8, 4) is 0 Å². The Labute approximate surface area is 368 Å². The quantitative estimate of drug-likeness (QED) is 0.0606. The van der Waals surface area contributed by atoms with Crippen molar-refractivity contribution in [1.82, 2.24) is 9.97 Å². The number of carbonyl (C=O) groups is 6. The number of benzene rings is 1. The Morgan fingerprint density at radius 2 is 0.719 bits per heavy atom. The number of hydrogen-bond donors (Lipinski definition) is 0. The molecular formula is C36H23EuF9N2O6S3. The smallest absolute Gasteiger partial charge is 0.293 e. The molecule has 0 fully saturated rings. The Balaban J connectivity index is 0.000000261. The summed E-state index contributed by atoms with van der Waals surface area (Å²) in [4.78, 5) is 73.6. The second kappa shape index (κ2) is 22.3. The molecule has 5 heterocycles. The van der Waals surface area contributed by atoms with Crippen molar-refractivity contribution in [2.45, 2.75) is 37.8 Å². The van der Waals surface area contributed by atoms with E-state index < -0.39 is 72.5 Å². The Morgan fingerprint density at radius 1 is 0.439 bits per heavy atom. The number of carbonyl (C=O) groups excluding carboxylic acids is 6. The molecule has 6 aromatic rings. The van der Waals surface area contributed by atoms with Crippen LogP contribution < -0.4 is 0 Å². The number of rotatable bonds is 9. The van der Waals surface area contributed by atoms with Gasteiger partial charge >= 0.3 is 18.5 Å². The number of thiophene rings is 3. The first-order chi connectivity index (χ1) is 26.2. The zero-order valence-electron chi connectivity index (χ0n) is 28.3. The molecule has 0 aliphatic rings. The van der Waals surface area contributed by atoms with E-state index in [1.54, 1.807) is 28.5 Å². The van der Waals surface area contributed by atoms with Gasteiger partial charge in [0.25, 0.3) is 0 Å². The molecule has 0 saturated carbocycles. The predicted octanol–water partition coefficient (Wildman–Crippen LogP) is 10.1. The SMILES string of the molecule is O=C(CC(=O)C(F)(F)F)c1cccs1.O=C(CC(=O)C(F)(F)F)c1cccs1.O=C(CC(=O)C(F)(F)F)c1cccs1.[Eu].c1cnc2c(c1)ccc1cccnc12. The summed E-state index contributed by atoms with van der Waals surface area (Å²) in [5.41, 5.74) is 1.95. The molecule has 0 aliphatic heterocycles. The molecular weight excluding hydrogens is 976 g/mol. The van der Waals surface area contributed by atoms with Crippen LogP contribution in [-0.4, -0.2) is 63.2 Å². The molecule has 6 rings (SSSR count). The molecule has 1 radical (unpaired) electrons. The summed E-state index contributed by atoms with van der Waals surface area (Å²) < 4.78 is 106. The standard InChI is InChI=1S/C12H8N2.3C8H5F3O2S.Eu/c1-3-9-5-6-10-4-2-8-14-12(10)11(9)13-7-1;3*9-8(10,11)7(13)4-5(12)6-2-1-3-14-6;/h1-8H;3*1-3H,4H2;. The number of aromatic nitrogens is 2. The summed E-state index contributed by atoms with van der Waals surface area (Å²) >= 11 is 3.04. The predicted molar refractivity (Wildman–Crippen MR) is 190 cm³/mol. The minimum atomic E-state index is -4.92. The van der Waals surface area contributed by atoms with E-state index >= 15 is 0 Å². The average Bonchev–Trinajstić information content (AvgIpc) is 3.96. The molecule has 21 heteroatoms. The molecule has 0 saturated heterocycles. The maximum Gasteiger partial charge on any atom is 0.450 e. The number of pyridine rings is 2. The molecule has 8 nitrogen and oxygen atoms in total. The number of ketones is 6. The first kappa shape index (κ1) is 49.3. The Hall–Kier alpha value is -3.89. The monoisotopic (exact) mass is 999 g/mol. The average molecular weight is 999 g/mol.